The van der Waals surface area contributed by atoms with E-state index in [1.165, 1.54) is 5.56 Å². The molecule has 0 radical (unpaired) electrons. The fourth-order valence-corrected chi connectivity index (χ4v) is 2.18. The summed E-state index contributed by atoms with van der Waals surface area (Å²) in [6, 6.07) is 15.4. The highest BCUT2D eigenvalue weighted by molar-refractivity contribution is 6.31. The fourth-order valence-electron chi connectivity index (χ4n) is 1.95. The summed E-state index contributed by atoms with van der Waals surface area (Å²) in [6.45, 7) is 6.93. The van der Waals surface area contributed by atoms with Gasteiger partial charge in [-0.2, -0.15) is 5.26 Å². The van der Waals surface area contributed by atoms with Crippen molar-refractivity contribution in [1.82, 2.24) is 0 Å². The first-order chi connectivity index (χ1) is 9.90. The number of hydrogen-bond donors (Lipinski definition) is 0. The van der Waals surface area contributed by atoms with Gasteiger partial charge in [-0.1, -0.05) is 50.6 Å². The van der Waals surface area contributed by atoms with Crippen molar-refractivity contribution in [3.05, 3.63) is 64.2 Å². The average Bonchev–Trinajstić information content (AvgIpc) is 2.45. The van der Waals surface area contributed by atoms with Crippen molar-refractivity contribution in [3.63, 3.8) is 0 Å². The average molecular weight is 300 g/mol. The molecule has 0 heterocycles. The number of hydrogen-bond acceptors (Lipinski definition) is 2. The standard InChI is InChI=1S/C18H18ClNO/c1-18(2,3)15-6-8-16(9-7-15)21-12-14-5-4-13(11-20)10-17(14)19/h4-10H,12H2,1-3H3. The van der Waals surface area contributed by atoms with E-state index in [2.05, 4.69) is 39.0 Å². The molecule has 108 valence electrons. The first kappa shape index (κ1) is 15.4. The molecule has 21 heavy (non-hydrogen) atoms. The van der Waals surface area contributed by atoms with Crippen LogP contribution in [0.1, 0.15) is 37.5 Å². The van der Waals surface area contributed by atoms with Crippen molar-refractivity contribution in [1.29, 1.82) is 5.26 Å². The molecule has 0 bridgehead atoms. The van der Waals surface area contributed by atoms with E-state index in [1.54, 1.807) is 12.1 Å². The minimum atomic E-state index is 0.134. The van der Waals surface area contributed by atoms with Crippen LogP contribution in [0.3, 0.4) is 0 Å². The Bertz CT molecular complexity index is 663. The van der Waals surface area contributed by atoms with Gasteiger partial charge in [-0.15, -0.1) is 0 Å². The first-order valence-electron chi connectivity index (χ1n) is 6.82. The molecule has 2 nitrogen and oxygen atoms in total. The van der Waals surface area contributed by atoms with Gasteiger partial charge < -0.3 is 4.74 Å². The topological polar surface area (TPSA) is 33.0 Å². The number of benzene rings is 2. The van der Waals surface area contributed by atoms with Crippen LogP contribution in [0.5, 0.6) is 5.75 Å². The zero-order valence-electron chi connectivity index (χ0n) is 12.5. The van der Waals surface area contributed by atoms with Crippen molar-refractivity contribution < 1.29 is 4.74 Å². The number of ether oxygens (including phenoxy) is 1. The van der Waals surface area contributed by atoms with E-state index in [0.717, 1.165) is 11.3 Å². The van der Waals surface area contributed by atoms with Gasteiger partial charge in [0, 0.05) is 10.6 Å². The van der Waals surface area contributed by atoms with Gasteiger partial charge >= 0.3 is 0 Å². The van der Waals surface area contributed by atoms with Crippen LogP contribution in [0.25, 0.3) is 0 Å². The van der Waals surface area contributed by atoms with Gasteiger partial charge in [0.1, 0.15) is 12.4 Å². The zero-order valence-corrected chi connectivity index (χ0v) is 13.2. The van der Waals surface area contributed by atoms with E-state index < -0.39 is 0 Å². The lowest BCUT2D eigenvalue weighted by molar-refractivity contribution is 0.306. The Hall–Kier alpha value is -1.98. The van der Waals surface area contributed by atoms with E-state index in [9.17, 15) is 0 Å². The first-order valence-corrected chi connectivity index (χ1v) is 7.20. The fraction of sp³-hybridized carbons (Fsp3) is 0.278. The second kappa shape index (κ2) is 6.20. The Morgan fingerprint density at radius 2 is 1.76 bits per heavy atom. The second-order valence-electron chi connectivity index (χ2n) is 5.98. The van der Waals surface area contributed by atoms with Crippen molar-refractivity contribution >= 4 is 11.6 Å². The van der Waals surface area contributed by atoms with Gasteiger partial charge in [0.05, 0.1) is 11.6 Å². The third kappa shape index (κ3) is 4.00. The summed E-state index contributed by atoms with van der Waals surface area (Å²) < 4.78 is 5.75. The Morgan fingerprint density at radius 3 is 2.29 bits per heavy atom. The third-order valence-corrected chi connectivity index (χ3v) is 3.65. The molecule has 2 rings (SSSR count). The number of halogens is 1. The molecule has 0 atom stereocenters. The maximum absolute atomic E-state index is 8.81. The minimum Gasteiger partial charge on any atom is -0.489 e. The zero-order chi connectivity index (χ0) is 15.5. The normalized spacial score (nSPS) is 11.0. The maximum Gasteiger partial charge on any atom is 0.119 e. The lowest BCUT2D eigenvalue weighted by Gasteiger charge is -2.19. The van der Waals surface area contributed by atoms with Crippen LogP contribution >= 0.6 is 11.6 Å². The van der Waals surface area contributed by atoms with E-state index in [4.69, 9.17) is 21.6 Å². The Balaban J connectivity index is 2.05. The largest absolute Gasteiger partial charge is 0.489 e. The molecular formula is C18H18ClNO. The Labute approximate surface area is 130 Å². The summed E-state index contributed by atoms with van der Waals surface area (Å²) >= 11 is 6.13. The van der Waals surface area contributed by atoms with Crippen LogP contribution < -0.4 is 4.74 Å². The lowest BCUT2D eigenvalue weighted by Crippen LogP contribution is -2.10. The van der Waals surface area contributed by atoms with Crippen LogP contribution in [0, 0.1) is 11.3 Å². The van der Waals surface area contributed by atoms with Gasteiger partial charge in [0.15, 0.2) is 0 Å². The van der Waals surface area contributed by atoms with Gasteiger partial charge in [0.25, 0.3) is 0 Å². The SMILES string of the molecule is CC(C)(C)c1ccc(OCc2ccc(C#N)cc2Cl)cc1. The predicted molar refractivity (Wildman–Crippen MR) is 85.6 cm³/mol. The smallest absolute Gasteiger partial charge is 0.119 e. The van der Waals surface area contributed by atoms with E-state index in [-0.39, 0.29) is 5.41 Å². The third-order valence-electron chi connectivity index (χ3n) is 3.30. The van der Waals surface area contributed by atoms with Crippen LogP contribution in [0.15, 0.2) is 42.5 Å². The van der Waals surface area contributed by atoms with Crippen molar-refractivity contribution in [2.45, 2.75) is 32.8 Å². The molecule has 2 aromatic rings. The van der Waals surface area contributed by atoms with Gasteiger partial charge in [-0.25, -0.2) is 0 Å². The molecule has 0 amide bonds. The molecule has 3 heteroatoms. The van der Waals surface area contributed by atoms with Crippen LogP contribution in [-0.2, 0) is 12.0 Å². The summed E-state index contributed by atoms with van der Waals surface area (Å²) in [6.07, 6.45) is 0. The molecule has 0 unspecified atom stereocenters. The van der Waals surface area contributed by atoms with Crippen molar-refractivity contribution in [2.75, 3.05) is 0 Å². The molecule has 0 fully saturated rings. The lowest BCUT2D eigenvalue weighted by atomic mass is 9.87. The van der Waals surface area contributed by atoms with E-state index >= 15 is 0 Å². The molecule has 0 aliphatic rings. The number of rotatable bonds is 3. The summed E-state index contributed by atoms with van der Waals surface area (Å²) in [5, 5.41) is 9.37. The van der Waals surface area contributed by atoms with Gasteiger partial charge in [0.2, 0.25) is 0 Å². The van der Waals surface area contributed by atoms with E-state index in [1.807, 2.05) is 18.2 Å². The molecule has 0 saturated carbocycles. The second-order valence-corrected chi connectivity index (χ2v) is 6.39. The Kier molecular flexibility index (Phi) is 4.55. The summed E-state index contributed by atoms with van der Waals surface area (Å²) in [5.41, 5.74) is 2.83. The monoisotopic (exact) mass is 299 g/mol. The molecule has 0 aliphatic heterocycles. The summed E-state index contributed by atoms with van der Waals surface area (Å²) in [5.74, 6) is 0.809. The Morgan fingerprint density at radius 1 is 1.10 bits per heavy atom. The summed E-state index contributed by atoms with van der Waals surface area (Å²) in [4.78, 5) is 0. The number of nitrogens with zero attached hydrogens (tertiary/aromatic N) is 1. The molecule has 0 spiro atoms. The van der Waals surface area contributed by atoms with Crippen molar-refractivity contribution in [3.8, 4) is 11.8 Å². The number of nitriles is 1. The predicted octanol–water partition coefficient (Wildman–Crippen LogP) is 5.09. The molecular weight excluding hydrogens is 282 g/mol. The highest BCUT2D eigenvalue weighted by Crippen LogP contribution is 2.25. The van der Waals surface area contributed by atoms with Crippen LogP contribution in [0.4, 0.5) is 0 Å². The van der Waals surface area contributed by atoms with Crippen LogP contribution in [0.2, 0.25) is 5.02 Å². The quantitative estimate of drug-likeness (QED) is 0.791. The van der Waals surface area contributed by atoms with Gasteiger partial charge in [-0.3, -0.25) is 0 Å². The minimum absolute atomic E-state index is 0.134. The summed E-state index contributed by atoms with van der Waals surface area (Å²) in [7, 11) is 0. The molecule has 0 aliphatic carbocycles. The van der Waals surface area contributed by atoms with Crippen LogP contribution in [-0.4, -0.2) is 0 Å². The molecule has 2 aromatic carbocycles. The van der Waals surface area contributed by atoms with E-state index in [0.29, 0.717) is 17.2 Å². The van der Waals surface area contributed by atoms with Crippen molar-refractivity contribution in [2.24, 2.45) is 0 Å². The molecule has 0 saturated heterocycles. The highest BCUT2D eigenvalue weighted by atomic mass is 35.5. The highest BCUT2D eigenvalue weighted by Gasteiger charge is 2.13. The molecule has 0 aromatic heterocycles. The maximum atomic E-state index is 8.81. The molecule has 0 N–H and O–H groups in total. The van der Waals surface area contributed by atoms with Gasteiger partial charge in [-0.05, 0) is 35.2 Å².